The van der Waals surface area contributed by atoms with E-state index in [1.54, 1.807) is 0 Å². The third-order valence-electron chi connectivity index (χ3n) is 16.7. The summed E-state index contributed by atoms with van der Waals surface area (Å²) >= 11 is 0. The van der Waals surface area contributed by atoms with Crippen molar-refractivity contribution >= 4 is 5.97 Å². The molecule has 25 atom stereocenters. The van der Waals surface area contributed by atoms with Gasteiger partial charge in [-0.05, 0) is 86.5 Å². The number of aliphatic hydroxyl groups excluding tert-OH is 13. The summed E-state index contributed by atoms with van der Waals surface area (Å²) in [5.41, 5.74) is -2.17. The molecule has 0 aromatic rings. The monoisotopic (exact) mass is 936 g/mol. The van der Waals surface area contributed by atoms with E-state index < -0.39 is 166 Å². The van der Waals surface area contributed by atoms with E-state index in [2.05, 4.69) is 13.5 Å². The van der Waals surface area contributed by atoms with Crippen LogP contribution in [-0.2, 0) is 42.7 Å². The number of esters is 1. The highest BCUT2D eigenvalue weighted by Gasteiger charge is 2.69. The van der Waals surface area contributed by atoms with Crippen LogP contribution in [0.1, 0.15) is 71.6 Å². The van der Waals surface area contributed by atoms with Crippen LogP contribution in [0.2, 0.25) is 0 Å². The van der Waals surface area contributed by atoms with E-state index in [9.17, 15) is 71.2 Å². The Kier molecular flexibility index (Phi) is 14.3. The summed E-state index contributed by atoms with van der Waals surface area (Å²) in [5, 5.41) is 137. The summed E-state index contributed by atoms with van der Waals surface area (Å²) in [5.74, 6) is -0.744. The van der Waals surface area contributed by atoms with Gasteiger partial charge in [0.25, 0.3) is 0 Å². The maximum Gasteiger partial charge on any atom is 0.314 e. The lowest BCUT2D eigenvalue weighted by Gasteiger charge is -2.64. The lowest BCUT2D eigenvalue weighted by molar-refractivity contribution is -0.395. The van der Waals surface area contributed by atoms with Crippen LogP contribution in [-0.4, -0.2) is 221 Å². The fourth-order valence-electron chi connectivity index (χ4n) is 13.2. The third kappa shape index (κ3) is 8.32. The summed E-state index contributed by atoms with van der Waals surface area (Å²) in [7, 11) is 0. The van der Waals surface area contributed by atoms with Gasteiger partial charge in [0, 0.05) is 0 Å². The first-order chi connectivity index (χ1) is 30.7. The molecule has 0 amide bonds. The molecule has 4 aliphatic carbocycles. The van der Waals surface area contributed by atoms with Crippen molar-refractivity contribution in [3.05, 3.63) is 12.2 Å². The van der Waals surface area contributed by atoms with Crippen LogP contribution in [0.5, 0.6) is 0 Å². The highest BCUT2D eigenvalue weighted by Crippen LogP contribution is 2.73. The van der Waals surface area contributed by atoms with Crippen LogP contribution >= 0.6 is 0 Å². The second-order valence-corrected chi connectivity index (χ2v) is 20.4. The molecule has 4 aliphatic heterocycles. The van der Waals surface area contributed by atoms with Crippen LogP contribution in [0.3, 0.4) is 0 Å². The van der Waals surface area contributed by atoms with E-state index in [1.165, 1.54) is 0 Å². The molecule has 65 heavy (non-hydrogen) atoms. The molecular weight excluding hydrogens is 868 g/mol. The summed E-state index contributed by atoms with van der Waals surface area (Å²) in [4.78, 5) is 14.3. The van der Waals surface area contributed by atoms with Crippen molar-refractivity contribution in [2.24, 2.45) is 28.1 Å². The number of fused-ring (bicyclic) bond motifs is 3. The van der Waals surface area contributed by atoms with Gasteiger partial charge in [0.15, 0.2) is 18.9 Å². The Morgan fingerprint density at radius 3 is 1.83 bits per heavy atom. The number of hydrogen-bond acceptors (Lipinski definition) is 22. The van der Waals surface area contributed by atoms with Gasteiger partial charge in [0.2, 0.25) is 6.29 Å². The lowest BCUT2D eigenvalue weighted by Crippen LogP contribution is -2.67. The van der Waals surface area contributed by atoms with E-state index >= 15 is 0 Å². The molecule has 4 heterocycles. The van der Waals surface area contributed by atoms with Gasteiger partial charge < -0.3 is 104 Å². The van der Waals surface area contributed by atoms with Crippen LogP contribution in [0.4, 0.5) is 0 Å². The van der Waals surface area contributed by atoms with Crippen molar-refractivity contribution in [2.75, 3.05) is 26.4 Å². The van der Waals surface area contributed by atoms with Gasteiger partial charge in [-0.3, -0.25) is 4.79 Å². The first-order valence-corrected chi connectivity index (χ1v) is 22.8. The number of aliphatic hydroxyl groups is 13. The average molecular weight is 937 g/mol. The van der Waals surface area contributed by atoms with Crippen molar-refractivity contribution in [3.63, 3.8) is 0 Å². The van der Waals surface area contributed by atoms with E-state index in [4.69, 9.17) is 37.9 Å². The van der Waals surface area contributed by atoms with Gasteiger partial charge in [-0.15, -0.1) is 0 Å². The predicted molar refractivity (Wildman–Crippen MR) is 213 cm³/mol. The van der Waals surface area contributed by atoms with E-state index in [0.29, 0.717) is 51.4 Å². The van der Waals surface area contributed by atoms with Gasteiger partial charge in [-0.1, -0.05) is 19.9 Å². The van der Waals surface area contributed by atoms with Gasteiger partial charge in [0.05, 0.1) is 37.4 Å². The number of rotatable bonds is 11. The zero-order valence-corrected chi connectivity index (χ0v) is 36.5. The smallest absolute Gasteiger partial charge is 0.314 e. The van der Waals surface area contributed by atoms with Crippen LogP contribution in [0.25, 0.3) is 0 Å². The fourth-order valence-corrected chi connectivity index (χ4v) is 13.2. The Hall–Kier alpha value is -1.59. The van der Waals surface area contributed by atoms with Crippen molar-refractivity contribution in [3.8, 4) is 0 Å². The third-order valence-corrected chi connectivity index (χ3v) is 16.7. The predicted octanol–water partition coefficient (Wildman–Crippen LogP) is -4.47. The van der Waals surface area contributed by atoms with Gasteiger partial charge >= 0.3 is 5.97 Å². The highest BCUT2D eigenvalue weighted by molar-refractivity contribution is 5.77. The topological polar surface area (TPSA) is 354 Å². The Morgan fingerprint density at radius 2 is 1.18 bits per heavy atom. The number of hydrogen-bond donors (Lipinski definition) is 13. The minimum Gasteiger partial charge on any atom is -0.432 e. The van der Waals surface area contributed by atoms with E-state index in [-0.39, 0.29) is 17.3 Å². The van der Waals surface area contributed by atoms with Crippen molar-refractivity contribution < 1.29 is 109 Å². The van der Waals surface area contributed by atoms with Crippen LogP contribution in [0.15, 0.2) is 12.2 Å². The minimum atomic E-state index is -1.92. The van der Waals surface area contributed by atoms with E-state index in [1.807, 2.05) is 6.92 Å². The summed E-state index contributed by atoms with van der Waals surface area (Å²) in [6.45, 7) is 5.86. The first kappa shape index (κ1) is 49.8. The normalized spacial score (nSPS) is 54.7. The van der Waals surface area contributed by atoms with Gasteiger partial charge in [-0.2, -0.15) is 0 Å². The van der Waals surface area contributed by atoms with Crippen molar-refractivity contribution in [1.29, 1.82) is 0 Å². The van der Waals surface area contributed by atoms with Gasteiger partial charge in [-0.25, -0.2) is 0 Å². The standard InChI is InChI=1S/C43H68O22/c1-17-11-42-9-5-22-40(2,7-4-8-41(22,3)39(57)64-37-32(56)29(53)26(50)20(13-45)60-37)23(42)6-10-43(17,16-42)65-38-34(63-35-30(54)24(48)18(47)15-58-35)33(27(51)21(14-46)61-38)62-36-31(55)28(52)25(49)19(12-44)59-36/h18-38,44-56H,1,4-16H2,2-3H3. The second kappa shape index (κ2) is 18.6. The molecule has 13 N–H and O–H groups in total. The molecule has 22 heteroatoms. The molecule has 0 aromatic carbocycles. The maximum absolute atomic E-state index is 14.3. The molecule has 0 aromatic heterocycles. The Balaban J connectivity index is 1.05. The molecule has 4 saturated heterocycles. The molecular formula is C43H68O22. The Bertz CT molecular complexity index is 1710. The molecule has 2 bridgehead atoms. The zero-order valence-electron chi connectivity index (χ0n) is 36.5. The molecule has 1 spiro atoms. The molecule has 8 rings (SSSR count). The van der Waals surface area contributed by atoms with Crippen LogP contribution in [0, 0.1) is 28.1 Å². The molecule has 0 radical (unpaired) electrons. The first-order valence-electron chi connectivity index (χ1n) is 22.8. The molecule has 8 fully saturated rings. The molecule has 4 saturated carbocycles. The largest absolute Gasteiger partial charge is 0.432 e. The van der Waals surface area contributed by atoms with Crippen LogP contribution < -0.4 is 0 Å². The van der Waals surface area contributed by atoms with Crippen molar-refractivity contribution in [1.82, 2.24) is 0 Å². The lowest BCUT2D eigenvalue weighted by atomic mass is 9.41. The van der Waals surface area contributed by atoms with E-state index in [0.717, 1.165) is 12.0 Å². The average Bonchev–Trinajstić information content (AvgIpc) is 3.48. The highest BCUT2D eigenvalue weighted by atomic mass is 16.8. The summed E-state index contributed by atoms with van der Waals surface area (Å²) < 4.78 is 48.1. The summed E-state index contributed by atoms with van der Waals surface area (Å²) in [6.07, 6.45) is -26.1. The Morgan fingerprint density at radius 1 is 0.631 bits per heavy atom. The molecule has 22 nitrogen and oxygen atoms in total. The quantitative estimate of drug-likeness (QED) is 0.0528. The maximum atomic E-state index is 14.3. The SMILES string of the molecule is C=C1CC23CCC4C(C)(C(=O)OC5OC(CO)C(O)C(O)C5O)CCCC4(C)C2CCC1(OC1OC(CO)C(O)C(OC2OC(CO)C(O)C(O)C2O)C1OC1OCC(O)C(O)C1O)C3. The Labute approximate surface area is 375 Å². The number of ether oxygens (including phenoxy) is 8. The van der Waals surface area contributed by atoms with Crippen molar-refractivity contribution in [2.45, 2.75) is 194 Å². The van der Waals surface area contributed by atoms with Gasteiger partial charge in [0.1, 0.15) is 91.6 Å². The second-order valence-electron chi connectivity index (χ2n) is 20.4. The number of carbonyl (C=O) groups is 1. The minimum absolute atomic E-state index is 0.0525. The number of carbonyl (C=O) groups excluding carboxylic acids is 1. The molecule has 372 valence electrons. The molecule has 8 aliphatic rings. The zero-order chi connectivity index (χ0) is 47.1. The summed E-state index contributed by atoms with van der Waals surface area (Å²) in [6, 6.07) is 0. The molecule has 25 unspecified atom stereocenters. The fraction of sp³-hybridized carbons (Fsp3) is 0.930.